The van der Waals surface area contributed by atoms with Crippen LogP contribution in [0.1, 0.15) is 39.0 Å². The predicted octanol–water partition coefficient (Wildman–Crippen LogP) is 2.41. The summed E-state index contributed by atoms with van der Waals surface area (Å²) in [6.45, 7) is 5.93. The van der Waals surface area contributed by atoms with Crippen molar-refractivity contribution >= 4 is 0 Å². The number of unbranched alkanes of at least 4 members (excludes halogenated alkanes) is 1. The van der Waals surface area contributed by atoms with Crippen LogP contribution < -0.4 is 0 Å². The second-order valence-electron chi connectivity index (χ2n) is 4.01. The van der Waals surface area contributed by atoms with Crippen LogP contribution in [0.4, 0.5) is 0 Å². The summed E-state index contributed by atoms with van der Waals surface area (Å²) in [4.78, 5) is 2.51. The van der Waals surface area contributed by atoms with E-state index >= 15 is 0 Å². The second-order valence-corrected chi connectivity index (χ2v) is 4.01. The van der Waals surface area contributed by atoms with E-state index in [1.807, 2.05) is 0 Å². The summed E-state index contributed by atoms with van der Waals surface area (Å²) in [6.07, 6.45) is 5.84. The Hall–Kier alpha value is -0.550. The lowest BCUT2D eigenvalue weighted by Gasteiger charge is -2.14. The summed E-state index contributed by atoms with van der Waals surface area (Å²) in [7, 11) is 0. The Morgan fingerprint density at radius 1 is 1.54 bits per heavy atom. The SMILES string of the molecule is CCCC1CCN(CCCC#N)C1. The van der Waals surface area contributed by atoms with Gasteiger partial charge in [0.2, 0.25) is 0 Å². The normalized spacial score (nSPS) is 23.2. The van der Waals surface area contributed by atoms with Crippen molar-refractivity contribution in [2.24, 2.45) is 5.92 Å². The molecule has 0 N–H and O–H groups in total. The molecule has 1 unspecified atom stereocenters. The molecule has 0 radical (unpaired) electrons. The monoisotopic (exact) mass is 180 g/mol. The molecule has 13 heavy (non-hydrogen) atoms. The van der Waals surface area contributed by atoms with Gasteiger partial charge in [-0.2, -0.15) is 5.26 Å². The molecule has 0 amide bonds. The van der Waals surface area contributed by atoms with Gasteiger partial charge in [0.05, 0.1) is 6.07 Å². The maximum Gasteiger partial charge on any atom is 0.0622 e. The predicted molar refractivity (Wildman–Crippen MR) is 54.3 cm³/mol. The minimum absolute atomic E-state index is 0.717. The van der Waals surface area contributed by atoms with Crippen molar-refractivity contribution in [2.45, 2.75) is 39.0 Å². The zero-order valence-electron chi connectivity index (χ0n) is 8.63. The number of hydrogen-bond acceptors (Lipinski definition) is 2. The Labute approximate surface area is 81.5 Å². The highest BCUT2D eigenvalue weighted by atomic mass is 15.1. The smallest absolute Gasteiger partial charge is 0.0622 e. The molecule has 74 valence electrons. The first-order chi connectivity index (χ1) is 6.36. The van der Waals surface area contributed by atoms with Gasteiger partial charge in [0, 0.05) is 13.0 Å². The van der Waals surface area contributed by atoms with Crippen molar-refractivity contribution < 1.29 is 0 Å². The summed E-state index contributed by atoms with van der Waals surface area (Å²) >= 11 is 0. The first kappa shape index (κ1) is 10.5. The fourth-order valence-corrected chi connectivity index (χ4v) is 2.14. The quantitative estimate of drug-likeness (QED) is 0.607. The zero-order chi connectivity index (χ0) is 9.52. The highest BCUT2D eigenvalue weighted by Crippen LogP contribution is 2.20. The van der Waals surface area contributed by atoms with Crippen LogP contribution in [0.25, 0.3) is 0 Å². The Morgan fingerprint density at radius 3 is 3.08 bits per heavy atom. The van der Waals surface area contributed by atoms with Gasteiger partial charge >= 0.3 is 0 Å². The molecule has 0 bridgehead atoms. The Balaban J connectivity index is 2.07. The number of nitriles is 1. The van der Waals surface area contributed by atoms with Crippen LogP contribution in [-0.2, 0) is 0 Å². The molecule has 0 saturated carbocycles. The third-order valence-corrected chi connectivity index (χ3v) is 2.83. The van der Waals surface area contributed by atoms with E-state index in [9.17, 15) is 0 Å². The van der Waals surface area contributed by atoms with Gasteiger partial charge in [0.1, 0.15) is 0 Å². The topological polar surface area (TPSA) is 27.0 Å². The summed E-state index contributed by atoms with van der Waals surface area (Å²) in [5, 5.41) is 8.41. The molecule has 1 fully saturated rings. The molecule has 0 aromatic heterocycles. The highest BCUT2D eigenvalue weighted by molar-refractivity contribution is 4.77. The Bertz CT molecular complexity index is 171. The van der Waals surface area contributed by atoms with E-state index in [-0.39, 0.29) is 0 Å². The van der Waals surface area contributed by atoms with Crippen molar-refractivity contribution in [3.05, 3.63) is 0 Å². The number of nitrogens with zero attached hydrogens (tertiary/aromatic N) is 2. The lowest BCUT2D eigenvalue weighted by atomic mass is 10.0. The number of likely N-dealkylation sites (tertiary alicyclic amines) is 1. The van der Waals surface area contributed by atoms with Gasteiger partial charge in [-0.3, -0.25) is 0 Å². The standard InChI is InChI=1S/C11H20N2/c1-2-5-11-6-9-13(10-11)8-4-3-7-12/h11H,2-6,8-10H2,1H3. The molecular formula is C11H20N2. The molecule has 1 atom stereocenters. The molecular weight excluding hydrogens is 160 g/mol. The first-order valence-electron chi connectivity index (χ1n) is 5.46. The molecule has 1 aliphatic heterocycles. The fraction of sp³-hybridized carbons (Fsp3) is 0.909. The Kier molecular flexibility index (Phi) is 4.85. The van der Waals surface area contributed by atoms with Gasteiger partial charge in [-0.25, -0.2) is 0 Å². The van der Waals surface area contributed by atoms with E-state index in [0.29, 0.717) is 0 Å². The molecule has 0 aromatic rings. The lowest BCUT2D eigenvalue weighted by Crippen LogP contribution is -2.21. The van der Waals surface area contributed by atoms with E-state index in [2.05, 4.69) is 17.9 Å². The van der Waals surface area contributed by atoms with Gasteiger partial charge in [-0.05, 0) is 38.3 Å². The molecule has 1 saturated heterocycles. The van der Waals surface area contributed by atoms with E-state index in [1.165, 1.54) is 32.4 Å². The van der Waals surface area contributed by atoms with Gasteiger partial charge in [0.15, 0.2) is 0 Å². The second kappa shape index (κ2) is 5.99. The van der Waals surface area contributed by atoms with Crippen LogP contribution in [0.3, 0.4) is 0 Å². The third kappa shape index (κ3) is 3.78. The minimum atomic E-state index is 0.717. The summed E-state index contributed by atoms with van der Waals surface area (Å²) in [5.41, 5.74) is 0. The van der Waals surface area contributed by atoms with Crippen molar-refractivity contribution in [1.29, 1.82) is 5.26 Å². The molecule has 1 heterocycles. The molecule has 1 aliphatic rings. The maximum atomic E-state index is 8.41. The minimum Gasteiger partial charge on any atom is -0.303 e. The van der Waals surface area contributed by atoms with Crippen LogP contribution in [0.2, 0.25) is 0 Å². The average molecular weight is 180 g/mol. The molecule has 2 heteroatoms. The number of hydrogen-bond donors (Lipinski definition) is 0. The maximum absolute atomic E-state index is 8.41. The van der Waals surface area contributed by atoms with Crippen molar-refractivity contribution in [1.82, 2.24) is 4.90 Å². The van der Waals surface area contributed by atoms with Gasteiger partial charge in [0.25, 0.3) is 0 Å². The summed E-state index contributed by atoms with van der Waals surface area (Å²) in [5.74, 6) is 0.937. The average Bonchev–Trinajstić information content (AvgIpc) is 2.54. The van der Waals surface area contributed by atoms with Gasteiger partial charge < -0.3 is 4.90 Å². The Morgan fingerprint density at radius 2 is 2.38 bits per heavy atom. The fourth-order valence-electron chi connectivity index (χ4n) is 2.14. The third-order valence-electron chi connectivity index (χ3n) is 2.83. The molecule has 0 aromatic carbocycles. The van der Waals surface area contributed by atoms with Crippen LogP contribution in [0.5, 0.6) is 0 Å². The zero-order valence-corrected chi connectivity index (χ0v) is 8.63. The highest BCUT2D eigenvalue weighted by Gasteiger charge is 2.20. The van der Waals surface area contributed by atoms with Gasteiger partial charge in [-0.15, -0.1) is 0 Å². The van der Waals surface area contributed by atoms with Crippen LogP contribution in [-0.4, -0.2) is 24.5 Å². The lowest BCUT2D eigenvalue weighted by molar-refractivity contribution is 0.317. The molecule has 0 aliphatic carbocycles. The van der Waals surface area contributed by atoms with Gasteiger partial charge in [-0.1, -0.05) is 13.3 Å². The summed E-state index contributed by atoms with van der Waals surface area (Å²) in [6, 6.07) is 2.20. The van der Waals surface area contributed by atoms with E-state index in [1.54, 1.807) is 0 Å². The molecule has 2 nitrogen and oxygen atoms in total. The van der Waals surface area contributed by atoms with Crippen LogP contribution in [0.15, 0.2) is 0 Å². The van der Waals surface area contributed by atoms with Crippen molar-refractivity contribution in [3.8, 4) is 6.07 Å². The van der Waals surface area contributed by atoms with E-state index in [0.717, 1.165) is 25.3 Å². The van der Waals surface area contributed by atoms with Crippen LogP contribution in [0, 0.1) is 17.2 Å². The number of rotatable bonds is 5. The molecule has 1 rings (SSSR count). The van der Waals surface area contributed by atoms with E-state index in [4.69, 9.17) is 5.26 Å². The van der Waals surface area contributed by atoms with Crippen molar-refractivity contribution in [2.75, 3.05) is 19.6 Å². The summed E-state index contributed by atoms with van der Waals surface area (Å²) < 4.78 is 0. The molecule has 0 spiro atoms. The van der Waals surface area contributed by atoms with Crippen LogP contribution >= 0.6 is 0 Å². The largest absolute Gasteiger partial charge is 0.303 e. The van der Waals surface area contributed by atoms with E-state index < -0.39 is 0 Å². The van der Waals surface area contributed by atoms with Crippen molar-refractivity contribution in [3.63, 3.8) is 0 Å². The first-order valence-corrected chi connectivity index (χ1v) is 5.46.